The van der Waals surface area contributed by atoms with E-state index in [1.54, 1.807) is 31.2 Å². The summed E-state index contributed by atoms with van der Waals surface area (Å²) in [7, 11) is 0. The van der Waals surface area contributed by atoms with Gasteiger partial charge in [0.15, 0.2) is 6.10 Å². The van der Waals surface area contributed by atoms with Crippen LogP contribution in [0.3, 0.4) is 0 Å². The van der Waals surface area contributed by atoms with Crippen LogP contribution in [0, 0.1) is 12.8 Å². The Morgan fingerprint density at radius 1 is 1.10 bits per heavy atom. The number of alkyl halides is 1. The molecule has 2 aliphatic rings. The Bertz CT molecular complexity index is 1230. The zero-order chi connectivity index (χ0) is 30.2. The number of amides is 3. The Kier molecular flexibility index (Phi) is 10.9. The van der Waals surface area contributed by atoms with Gasteiger partial charge in [-0.2, -0.15) is 0 Å². The van der Waals surface area contributed by atoms with Crippen LogP contribution in [-0.2, 0) is 20.7 Å². The Hall–Kier alpha value is -3.50. The summed E-state index contributed by atoms with van der Waals surface area (Å²) >= 11 is 0. The molecule has 1 saturated heterocycles. The number of rotatable bonds is 11. The summed E-state index contributed by atoms with van der Waals surface area (Å²) in [5.41, 5.74) is 1.32. The highest BCUT2D eigenvalue weighted by molar-refractivity contribution is 5.97. The quantitative estimate of drug-likeness (QED) is 0.322. The zero-order valence-electron chi connectivity index (χ0n) is 24.3. The summed E-state index contributed by atoms with van der Waals surface area (Å²) in [6.45, 7) is 4.29. The topological polar surface area (TPSA) is 128 Å². The van der Waals surface area contributed by atoms with Gasteiger partial charge in [-0.25, -0.2) is 4.39 Å². The molecule has 1 heterocycles. The lowest BCUT2D eigenvalue weighted by Crippen LogP contribution is -2.56. The first-order valence-corrected chi connectivity index (χ1v) is 14.8. The molecule has 2 aromatic carbocycles. The average molecular weight is 584 g/mol. The van der Waals surface area contributed by atoms with Crippen LogP contribution in [0.4, 0.5) is 4.39 Å². The van der Waals surface area contributed by atoms with Gasteiger partial charge in [0.2, 0.25) is 5.91 Å². The van der Waals surface area contributed by atoms with Gasteiger partial charge in [-0.3, -0.25) is 14.4 Å². The number of halogens is 1. The highest BCUT2D eigenvalue weighted by Gasteiger charge is 2.43. The maximum Gasteiger partial charge on any atom is 0.254 e. The number of carbonyl (C=O) groups excluding carboxylic acids is 3. The molecule has 1 saturated carbocycles. The molecular formula is C32H42FN3O6. The molecule has 2 aromatic rings. The monoisotopic (exact) mass is 583 g/mol. The maximum absolute atomic E-state index is 14.6. The van der Waals surface area contributed by atoms with E-state index in [1.807, 2.05) is 13.0 Å². The van der Waals surface area contributed by atoms with E-state index in [1.165, 1.54) is 18.2 Å². The molecule has 0 aromatic heterocycles. The number of phenols is 1. The number of nitrogens with one attached hydrogen (secondary N) is 2. The van der Waals surface area contributed by atoms with Gasteiger partial charge < -0.3 is 30.5 Å². The second kappa shape index (κ2) is 14.6. The third-order valence-electron chi connectivity index (χ3n) is 8.34. The summed E-state index contributed by atoms with van der Waals surface area (Å²) in [5, 5.41) is 27.0. The third-order valence-corrected chi connectivity index (χ3v) is 8.34. The van der Waals surface area contributed by atoms with Gasteiger partial charge in [-0.1, -0.05) is 42.8 Å². The molecule has 1 aliphatic heterocycles. The zero-order valence-corrected chi connectivity index (χ0v) is 24.3. The number of aliphatic hydroxyl groups excluding tert-OH is 1. The van der Waals surface area contributed by atoms with Crippen molar-refractivity contribution in [3.05, 3.63) is 65.2 Å². The van der Waals surface area contributed by atoms with E-state index in [-0.39, 0.29) is 42.7 Å². The molecule has 9 nitrogen and oxygen atoms in total. The van der Waals surface area contributed by atoms with E-state index in [0.29, 0.717) is 18.7 Å². The lowest BCUT2D eigenvalue weighted by Gasteiger charge is -2.31. The van der Waals surface area contributed by atoms with Crippen LogP contribution in [0.15, 0.2) is 48.5 Å². The molecule has 3 unspecified atom stereocenters. The Balaban J connectivity index is 1.46. The molecular weight excluding hydrogens is 541 g/mol. The molecule has 228 valence electrons. The second-order valence-electron chi connectivity index (χ2n) is 11.4. The minimum atomic E-state index is -1.74. The van der Waals surface area contributed by atoms with Crippen molar-refractivity contribution < 1.29 is 33.7 Å². The minimum Gasteiger partial charge on any atom is -0.508 e. The highest BCUT2D eigenvalue weighted by atomic mass is 19.1. The summed E-state index contributed by atoms with van der Waals surface area (Å²) in [6, 6.07) is 11.4. The first kappa shape index (κ1) is 31.4. The van der Waals surface area contributed by atoms with Crippen molar-refractivity contribution in [3.8, 4) is 5.75 Å². The van der Waals surface area contributed by atoms with Crippen molar-refractivity contribution in [1.29, 1.82) is 0 Å². The number of carbonyl (C=O) groups is 3. The fraction of sp³-hybridized carbons (Fsp3) is 0.531. The highest BCUT2D eigenvalue weighted by Crippen LogP contribution is 2.27. The van der Waals surface area contributed by atoms with Gasteiger partial charge in [-0.15, -0.1) is 0 Å². The van der Waals surface area contributed by atoms with Crippen molar-refractivity contribution in [2.45, 2.75) is 82.8 Å². The van der Waals surface area contributed by atoms with Crippen molar-refractivity contribution in [3.63, 3.8) is 0 Å². The Labute approximate surface area is 246 Å². The normalized spacial score (nSPS) is 23.7. The van der Waals surface area contributed by atoms with Crippen molar-refractivity contribution >= 4 is 17.7 Å². The molecule has 10 heteroatoms. The molecule has 4 rings (SSSR count). The van der Waals surface area contributed by atoms with Crippen LogP contribution in [0.2, 0.25) is 0 Å². The number of hydrogen-bond acceptors (Lipinski definition) is 6. The molecule has 3 amide bonds. The van der Waals surface area contributed by atoms with Crippen LogP contribution in [0.25, 0.3) is 0 Å². The first-order valence-electron chi connectivity index (χ1n) is 14.8. The SMILES string of the molecule is CCOC1CCCC(CNC(=O)[C@@H]2C[C@@H](F)CN2C(=O)C(O)[C@H](Cc2ccccc2)NC(=O)c2cccc(O)c2C)C1. The van der Waals surface area contributed by atoms with Gasteiger partial charge in [-0.05, 0) is 63.1 Å². The molecule has 0 bridgehead atoms. The number of likely N-dealkylation sites (tertiary alicyclic amines) is 1. The number of benzene rings is 2. The van der Waals surface area contributed by atoms with Crippen LogP contribution in [0.5, 0.6) is 5.75 Å². The van der Waals surface area contributed by atoms with Crippen molar-refractivity contribution in [2.75, 3.05) is 19.7 Å². The van der Waals surface area contributed by atoms with Crippen LogP contribution in [0.1, 0.15) is 60.5 Å². The first-order chi connectivity index (χ1) is 20.2. The summed E-state index contributed by atoms with van der Waals surface area (Å²) in [6.07, 6.45) is 0.778. The Morgan fingerprint density at radius 3 is 2.60 bits per heavy atom. The molecule has 4 N–H and O–H groups in total. The smallest absolute Gasteiger partial charge is 0.254 e. The van der Waals surface area contributed by atoms with E-state index in [0.717, 1.165) is 36.1 Å². The summed E-state index contributed by atoms with van der Waals surface area (Å²) in [4.78, 5) is 41.1. The molecule has 6 atom stereocenters. The number of hydrogen-bond donors (Lipinski definition) is 4. The van der Waals surface area contributed by atoms with E-state index >= 15 is 0 Å². The third kappa shape index (κ3) is 7.86. The number of phenolic OH excluding ortho intramolecular Hbond substituents is 1. The van der Waals surface area contributed by atoms with E-state index in [9.17, 15) is 29.0 Å². The lowest BCUT2D eigenvalue weighted by atomic mass is 9.87. The largest absolute Gasteiger partial charge is 0.508 e. The summed E-state index contributed by atoms with van der Waals surface area (Å²) < 4.78 is 20.4. The number of ether oxygens (including phenoxy) is 1. The predicted molar refractivity (Wildman–Crippen MR) is 156 cm³/mol. The molecule has 0 spiro atoms. The number of aliphatic hydroxyl groups is 1. The standard InChI is InChI=1S/C32H42FN3O6/c1-3-42-24-12-7-11-22(15-24)18-34-31(40)27-17-23(33)19-36(27)32(41)29(38)26(16-21-9-5-4-6-10-21)35-30(39)25-13-8-14-28(37)20(25)2/h4-6,8-10,13-14,22-24,26-27,29,37-38H,3,7,11-12,15-19H2,1-2H3,(H,34,40)(H,35,39)/t22?,23-,24?,26+,27+,29?/m1/s1. The fourth-order valence-electron chi connectivity index (χ4n) is 6.02. The number of aromatic hydroxyl groups is 1. The van der Waals surface area contributed by atoms with E-state index < -0.39 is 42.1 Å². The van der Waals surface area contributed by atoms with Gasteiger partial charge in [0.05, 0.1) is 18.7 Å². The van der Waals surface area contributed by atoms with Crippen molar-refractivity contribution in [2.24, 2.45) is 5.92 Å². The van der Waals surface area contributed by atoms with E-state index in [4.69, 9.17) is 4.74 Å². The van der Waals surface area contributed by atoms with Crippen LogP contribution < -0.4 is 10.6 Å². The van der Waals surface area contributed by atoms with E-state index in [2.05, 4.69) is 10.6 Å². The van der Waals surface area contributed by atoms with Crippen molar-refractivity contribution in [1.82, 2.24) is 15.5 Å². The summed E-state index contributed by atoms with van der Waals surface area (Å²) in [5.74, 6) is -1.66. The fourth-order valence-corrected chi connectivity index (χ4v) is 6.02. The second-order valence-corrected chi connectivity index (χ2v) is 11.4. The van der Waals surface area contributed by atoms with Gasteiger partial charge in [0.25, 0.3) is 11.8 Å². The van der Waals surface area contributed by atoms with Gasteiger partial charge in [0, 0.05) is 30.7 Å². The Morgan fingerprint density at radius 2 is 1.86 bits per heavy atom. The van der Waals surface area contributed by atoms with Crippen LogP contribution in [-0.4, -0.2) is 83.0 Å². The average Bonchev–Trinajstić information content (AvgIpc) is 3.38. The maximum atomic E-state index is 14.6. The lowest BCUT2D eigenvalue weighted by molar-refractivity contribution is -0.146. The minimum absolute atomic E-state index is 0.0552. The molecule has 42 heavy (non-hydrogen) atoms. The van der Waals surface area contributed by atoms with Gasteiger partial charge in [0.1, 0.15) is 18.0 Å². The molecule has 2 fully saturated rings. The predicted octanol–water partition coefficient (Wildman–Crippen LogP) is 3.05. The number of nitrogens with zero attached hydrogens (tertiary/aromatic N) is 1. The molecule has 1 aliphatic carbocycles. The van der Waals surface area contributed by atoms with Gasteiger partial charge >= 0.3 is 0 Å². The molecule has 0 radical (unpaired) electrons. The van der Waals surface area contributed by atoms with Crippen LogP contribution >= 0.6 is 0 Å².